The molecule has 0 spiro atoms. The number of benzene rings is 2. The van der Waals surface area contributed by atoms with Crippen LogP contribution in [-0.2, 0) is 17.9 Å². The second kappa shape index (κ2) is 7.37. The Bertz CT molecular complexity index is 780. The Morgan fingerprint density at radius 1 is 1.17 bits per heavy atom. The second-order valence-corrected chi connectivity index (χ2v) is 6.33. The van der Waals surface area contributed by atoms with Crippen LogP contribution in [0.15, 0.2) is 42.5 Å². The van der Waals surface area contributed by atoms with Crippen molar-refractivity contribution < 1.29 is 4.79 Å². The Labute approximate surface area is 146 Å². The van der Waals surface area contributed by atoms with E-state index in [9.17, 15) is 4.79 Å². The molecule has 3 rings (SSSR count). The molecule has 24 heavy (non-hydrogen) atoms. The van der Waals surface area contributed by atoms with Crippen molar-refractivity contribution >= 4 is 23.2 Å². The number of nitrogens with zero attached hydrogens (tertiary/aromatic N) is 2. The summed E-state index contributed by atoms with van der Waals surface area (Å²) in [6, 6.07) is 15.6. The van der Waals surface area contributed by atoms with Crippen molar-refractivity contribution in [3.05, 3.63) is 64.2 Å². The molecule has 1 aliphatic heterocycles. The standard InChI is InChI=1S/C19H18ClN3O/c20-17-7-8-18(16(10-17)11-21)22-12-14-3-5-15(6-4-14)13-23-9-1-2-19(23)24/h3-8,10,22H,1-2,9,12-13H2. The van der Waals surface area contributed by atoms with Crippen LogP contribution in [0.2, 0.25) is 5.02 Å². The Morgan fingerprint density at radius 2 is 1.92 bits per heavy atom. The van der Waals surface area contributed by atoms with Crippen molar-refractivity contribution in [2.45, 2.75) is 25.9 Å². The molecule has 122 valence electrons. The maximum Gasteiger partial charge on any atom is 0.222 e. The molecule has 1 fully saturated rings. The molecule has 2 aromatic carbocycles. The van der Waals surface area contributed by atoms with Gasteiger partial charge in [-0.1, -0.05) is 35.9 Å². The fourth-order valence-electron chi connectivity index (χ4n) is 2.81. The fraction of sp³-hybridized carbons (Fsp3) is 0.263. The van der Waals surface area contributed by atoms with Crippen molar-refractivity contribution in [2.75, 3.05) is 11.9 Å². The molecular weight excluding hydrogens is 322 g/mol. The number of carbonyl (C=O) groups is 1. The second-order valence-electron chi connectivity index (χ2n) is 5.89. The predicted molar refractivity (Wildman–Crippen MR) is 94.6 cm³/mol. The van der Waals surface area contributed by atoms with Gasteiger partial charge < -0.3 is 10.2 Å². The summed E-state index contributed by atoms with van der Waals surface area (Å²) in [5, 5.41) is 13.0. The highest BCUT2D eigenvalue weighted by Gasteiger charge is 2.19. The van der Waals surface area contributed by atoms with Gasteiger partial charge in [0.25, 0.3) is 0 Å². The first-order chi connectivity index (χ1) is 11.7. The van der Waals surface area contributed by atoms with E-state index in [4.69, 9.17) is 16.9 Å². The number of carbonyl (C=O) groups excluding carboxylic acids is 1. The predicted octanol–water partition coefficient (Wildman–Crippen LogP) is 3.95. The Kier molecular flexibility index (Phi) is 5.02. The number of nitriles is 1. The minimum Gasteiger partial charge on any atom is -0.380 e. The summed E-state index contributed by atoms with van der Waals surface area (Å²) in [5.74, 6) is 0.243. The average Bonchev–Trinajstić information content (AvgIpc) is 3.00. The summed E-state index contributed by atoms with van der Waals surface area (Å²) < 4.78 is 0. The number of nitrogens with one attached hydrogen (secondary N) is 1. The highest BCUT2D eigenvalue weighted by molar-refractivity contribution is 6.30. The zero-order valence-corrected chi connectivity index (χ0v) is 14.0. The third-order valence-corrected chi connectivity index (χ3v) is 4.39. The first-order valence-electron chi connectivity index (χ1n) is 7.95. The van der Waals surface area contributed by atoms with Gasteiger partial charge in [-0.15, -0.1) is 0 Å². The maximum atomic E-state index is 11.7. The van der Waals surface area contributed by atoms with E-state index < -0.39 is 0 Å². The summed E-state index contributed by atoms with van der Waals surface area (Å²) in [4.78, 5) is 13.6. The van der Waals surface area contributed by atoms with Crippen molar-refractivity contribution in [3.63, 3.8) is 0 Å². The summed E-state index contributed by atoms with van der Waals surface area (Å²) in [6.07, 6.45) is 1.63. The van der Waals surface area contributed by atoms with Crippen LogP contribution in [-0.4, -0.2) is 17.4 Å². The highest BCUT2D eigenvalue weighted by Crippen LogP contribution is 2.21. The van der Waals surface area contributed by atoms with Crippen molar-refractivity contribution in [1.82, 2.24) is 4.90 Å². The van der Waals surface area contributed by atoms with Gasteiger partial charge in [0, 0.05) is 31.1 Å². The molecule has 0 aromatic heterocycles. The van der Waals surface area contributed by atoms with Crippen LogP contribution in [0.5, 0.6) is 0 Å². The average molecular weight is 340 g/mol. The lowest BCUT2D eigenvalue weighted by Gasteiger charge is -2.15. The molecule has 0 radical (unpaired) electrons. The molecule has 1 amide bonds. The maximum absolute atomic E-state index is 11.7. The first-order valence-corrected chi connectivity index (χ1v) is 8.32. The van der Waals surface area contributed by atoms with E-state index in [1.165, 1.54) is 0 Å². The SMILES string of the molecule is N#Cc1cc(Cl)ccc1NCc1ccc(CN2CCCC2=O)cc1. The monoisotopic (exact) mass is 339 g/mol. The summed E-state index contributed by atoms with van der Waals surface area (Å²) in [6.45, 7) is 2.16. The van der Waals surface area contributed by atoms with Gasteiger partial charge in [0.1, 0.15) is 6.07 Å². The molecule has 1 N–H and O–H groups in total. The van der Waals surface area contributed by atoms with Crippen LogP contribution in [0.4, 0.5) is 5.69 Å². The van der Waals surface area contributed by atoms with Crippen LogP contribution >= 0.6 is 11.6 Å². The number of hydrogen-bond donors (Lipinski definition) is 1. The molecule has 4 nitrogen and oxygen atoms in total. The molecular formula is C19H18ClN3O. The van der Waals surface area contributed by atoms with Crippen LogP contribution in [0.1, 0.15) is 29.5 Å². The Balaban J connectivity index is 1.60. The summed E-state index contributed by atoms with van der Waals surface area (Å²) >= 11 is 5.90. The number of anilines is 1. The van der Waals surface area contributed by atoms with Crippen LogP contribution in [0, 0.1) is 11.3 Å². The largest absolute Gasteiger partial charge is 0.380 e. The van der Waals surface area contributed by atoms with E-state index in [-0.39, 0.29) is 5.91 Å². The van der Waals surface area contributed by atoms with Crippen molar-refractivity contribution in [2.24, 2.45) is 0 Å². The topological polar surface area (TPSA) is 56.1 Å². The minimum absolute atomic E-state index is 0.243. The molecule has 2 aromatic rings. The van der Waals surface area contributed by atoms with Crippen molar-refractivity contribution in [1.29, 1.82) is 5.26 Å². The molecule has 5 heteroatoms. The zero-order chi connectivity index (χ0) is 16.9. The van der Waals surface area contributed by atoms with Crippen molar-refractivity contribution in [3.8, 4) is 6.07 Å². The van der Waals surface area contributed by atoms with Gasteiger partial charge in [-0.05, 0) is 35.7 Å². The Hall–Kier alpha value is -2.51. The van der Waals surface area contributed by atoms with Gasteiger partial charge in [0.15, 0.2) is 0 Å². The summed E-state index contributed by atoms with van der Waals surface area (Å²) in [5.41, 5.74) is 3.56. The minimum atomic E-state index is 0.243. The van der Waals surface area contributed by atoms with Crippen LogP contribution < -0.4 is 5.32 Å². The highest BCUT2D eigenvalue weighted by atomic mass is 35.5. The van der Waals surface area contributed by atoms with Gasteiger partial charge in [0.05, 0.1) is 11.3 Å². The van der Waals surface area contributed by atoms with E-state index >= 15 is 0 Å². The third kappa shape index (κ3) is 3.87. The molecule has 1 saturated heterocycles. The smallest absolute Gasteiger partial charge is 0.222 e. The van der Waals surface area contributed by atoms with Gasteiger partial charge in [-0.2, -0.15) is 5.26 Å². The number of amides is 1. The molecule has 1 aliphatic rings. The number of halogens is 1. The number of hydrogen-bond acceptors (Lipinski definition) is 3. The molecule has 0 atom stereocenters. The normalized spacial score (nSPS) is 13.8. The van der Waals surface area contributed by atoms with E-state index in [0.29, 0.717) is 30.1 Å². The van der Waals surface area contributed by atoms with Gasteiger partial charge in [-0.3, -0.25) is 4.79 Å². The number of likely N-dealkylation sites (tertiary alicyclic amines) is 1. The quantitative estimate of drug-likeness (QED) is 0.897. The molecule has 0 aliphatic carbocycles. The summed E-state index contributed by atoms with van der Waals surface area (Å²) in [7, 11) is 0. The van der Waals surface area contributed by atoms with Gasteiger partial charge in [-0.25, -0.2) is 0 Å². The lowest BCUT2D eigenvalue weighted by molar-refractivity contribution is -0.128. The van der Waals surface area contributed by atoms with E-state index in [1.54, 1.807) is 12.1 Å². The third-order valence-electron chi connectivity index (χ3n) is 4.15. The first kappa shape index (κ1) is 16.4. The lowest BCUT2D eigenvalue weighted by Crippen LogP contribution is -2.23. The number of rotatable bonds is 5. The zero-order valence-electron chi connectivity index (χ0n) is 13.3. The lowest BCUT2D eigenvalue weighted by atomic mass is 10.1. The van der Waals surface area contributed by atoms with Gasteiger partial charge in [0.2, 0.25) is 5.91 Å². The van der Waals surface area contributed by atoms with Gasteiger partial charge >= 0.3 is 0 Å². The van der Waals surface area contributed by atoms with E-state index in [0.717, 1.165) is 29.8 Å². The fourth-order valence-corrected chi connectivity index (χ4v) is 2.99. The molecule has 0 bridgehead atoms. The van der Waals surface area contributed by atoms with E-state index in [2.05, 4.69) is 23.5 Å². The van der Waals surface area contributed by atoms with Crippen LogP contribution in [0.3, 0.4) is 0 Å². The Morgan fingerprint density at radius 3 is 2.58 bits per heavy atom. The molecule has 0 saturated carbocycles. The van der Waals surface area contributed by atoms with E-state index in [1.807, 2.05) is 23.1 Å². The molecule has 0 unspecified atom stereocenters. The van der Waals surface area contributed by atoms with Crippen LogP contribution in [0.25, 0.3) is 0 Å². The molecule has 1 heterocycles.